The van der Waals surface area contributed by atoms with Gasteiger partial charge in [0, 0.05) is 31.4 Å². The molecule has 0 saturated carbocycles. The molecule has 0 saturated heterocycles. The second-order valence-electron chi connectivity index (χ2n) is 5.53. The molecule has 0 aliphatic heterocycles. The SMILES string of the molecule is CCC(N)Cc1cc(C)ccc1OCCc1ccnn1C. The number of ether oxygens (including phenoxy) is 1. The summed E-state index contributed by atoms with van der Waals surface area (Å²) in [7, 11) is 1.95. The van der Waals surface area contributed by atoms with Gasteiger partial charge in [0.05, 0.1) is 6.61 Å². The van der Waals surface area contributed by atoms with Crippen molar-refractivity contribution in [2.45, 2.75) is 39.2 Å². The first-order valence-electron chi connectivity index (χ1n) is 7.55. The zero-order valence-electron chi connectivity index (χ0n) is 13.2. The highest BCUT2D eigenvalue weighted by atomic mass is 16.5. The summed E-state index contributed by atoms with van der Waals surface area (Å²) in [5.41, 5.74) is 9.70. The van der Waals surface area contributed by atoms with Gasteiger partial charge in [-0.05, 0) is 37.5 Å². The molecule has 1 unspecified atom stereocenters. The fourth-order valence-electron chi connectivity index (χ4n) is 2.35. The largest absolute Gasteiger partial charge is 0.493 e. The van der Waals surface area contributed by atoms with Crippen molar-refractivity contribution in [3.8, 4) is 5.75 Å². The van der Waals surface area contributed by atoms with Crippen LogP contribution in [0.3, 0.4) is 0 Å². The quantitative estimate of drug-likeness (QED) is 0.851. The number of aromatic nitrogens is 2. The lowest BCUT2D eigenvalue weighted by Gasteiger charge is -2.15. The van der Waals surface area contributed by atoms with E-state index in [1.807, 2.05) is 24.0 Å². The molecule has 21 heavy (non-hydrogen) atoms. The van der Waals surface area contributed by atoms with Crippen LogP contribution in [0.15, 0.2) is 30.5 Å². The summed E-state index contributed by atoms with van der Waals surface area (Å²) in [6, 6.07) is 8.52. The lowest BCUT2D eigenvalue weighted by atomic mass is 10.0. The van der Waals surface area contributed by atoms with Gasteiger partial charge in [-0.25, -0.2) is 0 Å². The van der Waals surface area contributed by atoms with Crippen LogP contribution in [0.2, 0.25) is 0 Å². The highest BCUT2D eigenvalue weighted by Crippen LogP contribution is 2.22. The van der Waals surface area contributed by atoms with Crippen LogP contribution in [0.4, 0.5) is 0 Å². The van der Waals surface area contributed by atoms with Crippen LogP contribution < -0.4 is 10.5 Å². The molecule has 0 spiro atoms. The number of nitrogens with zero attached hydrogens (tertiary/aromatic N) is 2. The third-order valence-electron chi connectivity index (χ3n) is 3.76. The molecule has 1 atom stereocenters. The highest BCUT2D eigenvalue weighted by molar-refractivity contribution is 5.37. The van der Waals surface area contributed by atoms with E-state index in [-0.39, 0.29) is 6.04 Å². The van der Waals surface area contributed by atoms with E-state index in [1.165, 1.54) is 16.8 Å². The highest BCUT2D eigenvalue weighted by Gasteiger charge is 2.09. The zero-order chi connectivity index (χ0) is 15.2. The third-order valence-corrected chi connectivity index (χ3v) is 3.76. The molecule has 1 aromatic carbocycles. The Labute approximate surface area is 126 Å². The van der Waals surface area contributed by atoms with Crippen LogP contribution in [0.5, 0.6) is 5.75 Å². The molecule has 0 radical (unpaired) electrons. The van der Waals surface area contributed by atoms with Gasteiger partial charge < -0.3 is 10.5 Å². The number of hydrogen-bond donors (Lipinski definition) is 1. The molecule has 0 aliphatic carbocycles. The van der Waals surface area contributed by atoms with Crippen LogP contribution in [0, 0.1) is 6.92 Å². The maximum atomic E-state index is 6.08. The average Bonchev–Trinajstić information content (AvgIpc) is 2.86. The fourth-order valence-corrected chi connectivity index (χ4v) is 2.35. The zero-order valence-corrected chi connectivity index (χ0v) is 13.2. The molecule has 1 heterocycles. The molecule has 0 bridgehead atoms. The molecule has 2 rings (SSSR count). The molecule has 0 amide bonds. The van der Waals surface area contributed by atoms with Crippen molar-refractivity contribution in [3.63, 3.8) is 0 Å². The molecule has 0 fully saturated rings. The van der Waals surface area contributed by atoms with Crippen LogP contribution in [0.25, 0.3) is 0 Å². The van der Waals surface area contributed by atoms with Gasteiger partial charge in [-0.2, -0.15) is 5.10 Å². The monoisotopic (exact) mass is 287 g/mol. The summed E-state index contributed by atoms with van der Waals surface area (Å²) >= 11 is 0. The summed E-state index contributed by atoms with van der Waals surface area (Å²) in [6.45, 7) is 4.86. The minimum Gasteiger partial charge on any atom is -0.493 e. The molecular weight excluding hydrogens is 262 g/mol. The Morgan fingerprint density at radius 2 is 2.14 bits per heavy atom. The molecule has 2 aromatic rings. The molecule has 4 nitrogen and oxygen atoms in total. The Morgan fingerprint density at radius 3 is 2.81 bits per heavy atom. The van der Waals surface area contributed by atoms with Gasteiger partial charge in [-0.15, -0.1) is 0 Å². The van der Waals surface area contributed by atoms with Gasteiger partial charge in [0.2, 0.25) is 0 Å². The molecule has 1 aromatic heterocycles. The predicted molar refractivity (Wildman–Crippen MR) is 85.6 cm³/mol. The third kappa shape index (κ3) is 4.33. The van der Waals surface area contributed by atoms with Gasteiger partial charge in [0.25, 0.3) is 0 Å². The number of nitrogens with two attached hydrogens (primary N) is 1. The van der Waals surface area contributed by atoms with Gasteiger partial charge in [-0.3, -0.25) is 4.68 Å². The van der Waals surface area contributed by atoms with Crippen LogP contribution in [-0.4, -0.2) is 22.4 Å². The number of aryl methyl sites for hydroxylation is 2. The topological polar surface area (TPSA) is 53.1 Å². The molecule has 0 aliphatic rings. The van der Waals surface area contributed by atoms with Crippen LogP contribution >= 0.6 is 0 Å². The van der Waals surface area contributed by atoms with Gasteiger partial charge in [-0.1, -0.05) is 24.6 Å². The Kier molecular flexibility index (Phi) is 5.39. The van der Waals surface area contributed by atoms with E-state index in [4.69, 9.17) is 10.5 Å². The van der Waals surface area contributed by atoms with Gasteiger partial charge in [0.15, 0.2) is 0 Å². The molecule has 4 heteroatoms. The maximum absolute atomic E-state index is 6.08. The molecule has 2 N–H and O–H groups in total. The van der Waals surface area contributed by atoms with Gasteiger partial charge in [0.1, 0.15) is 5.75 Å². The minimum atomic E-state index is 0.186. The summed E-state index contributed by atoms with van der Waals surface area (Å²) in [5.74, 6) is 0.951. The lowest BCUT2D eigenvalue weighted by Crippen LogP contribution is -2.22. The van der Waals surface area contributed by atoms with E-state index in [2.05, 4.69) is 37.1 Å². The second-order valence-corrected chi connectivity index (χ2v) is 5.53. The van der Waals surface area contributed by atoms with Crippen LogP contribution in [0.1, 0.15) is 30.2 Å². The first kappa shape index (κ1) is 15.6. The standard InChI is InChI=1S/C17H25N3O/c1-4-15(18)12-14-11-13(2)5-6-17(14)21-10-8-16-7-9-19-20(16)3/h5-7,9,11,15H,4,8,10,12,18H2,1-3H3. The average molecular weight is 287 g/mol. The first-order valence-corrected chi connectivity index (χ1v) is 7.55. The summed E-state index contributed by atoms with van der Waals surface area (Å²) in [4.78, 5) is 0. The second kappa shape index (κ2) is 7.27. The van der Waals surface area contributed by atoms with E-state index < -0.39 is 0 Å². The maximum Gasteiger partial charge on any atom is 0.122 e. The van der Waals surface area contributed by atoms with E-state index in [1.54, 1.807) is 0 Å². The summed E-state index contributed by atoms with van der Waals surface area (Å²) < 4.78 is 7.85. The Morgan fingerprint density at radius 1 is 1.33 bits per heavy atom. The van der Waals surface area contributed by atoms with Crippen molar-refractivity contribution in [3.05, 3.63) is 47.3 Å². The first-order chi connectivity index (χ1) is 10.1. The van der Waals surface area contributed by atoms with Crippen molar-refractivity contribution < 1.29 is 4.74 Å². The predicted octanol–water partition coefficient (Wildman–Crippen LogP) is 2.63. The van der Waals surface area contributed by atoms with E-state index >= 15 is 0 Å². The smallest absolute Gasteiger partial charge is 0.122 e. The van der Waals surface area contributed by atoms with E-state index in [0.29, 0.717) is 6.61 Å². The van der Waals surface area contributed by atoms with Gasteiger partial charge >= 0.3 is 0 Å². The lowest BCUT2D eigenvalue weighted by molar-refractivity contribution is 0.314. The van der Waals surface area contributed by atoms with Crippen LogP contribution in [-0.2, 0) is 19.9 Å². The van der Waals surface area contributed by atoms with Crippen molar-refractivity contribution in [1.29, 1.82) is 0 Å². The number of benzene rings is 1. The normalized spacial score (nSPS) is 12.4. The molecular formula is C17H25N3O. The summed E-state index contributed by atoms with van der Waals surface area (Å²) in [5, 5.41) is 4.17. The van der Waals surface area contributed by atoms with Crippen molar-refractivity contribution in [2.24, 2.45) is 12.8 Å². The van der Waals surface area contributed by atoms with Crippen molar-refractivity contribution in [2.75, 3.05) is 6.61 Å². The minimum absolute atomic E-state index is 0.186. The van der Waals surface area contributed by atoms with Crippen molar-refractivity contribution in [1.82, 2.24) is 9.78 Å². The van der Waals surface area contributed by atoms with E-state index in [0.717, 1.165) is 25.0 Å². The Hall–Kier alpha value is -1.81. The fraction of sp³-hybridized carbons (Fsp3) is 0.471. The van der Waals surface area contributed by atoms with E-state index in [9.17, 15) is 0 Å². The summed E-state index contributed by atoms with van der Waals surface area (Å²) in [6.07, 6.45) is 4.50. The van der Waals surface area contributed by atoms with Crippen molar-refractivity contribution >= 4 is 0 Å². The Bertz CT molecular complexity index is 577. The number of rotatable bonds is 7. The number of hydrogen-bond acceptors (Lipinski definition) is 3. The molecule has 114 valence electrons. The Balaban J connectivity index is 2.00.